The third kappa shape index (κ3) is 158000. The number of rotatable bonds is 0. The Hall–Kier alpha value is -0.267. The maximum Gasteiger partial charge on any atom is 2.00 e. The predicted molar refractivity (Wildman–Crippen MR) is 68.3 cm³/mol. The minimum atomic E-state index is -4.67. The zero-order valence-electron chi connectivity index (χ0n) is 12.8. The van der Waals surface area contributed by atoms with Crippen LogP contribution in [-0.4, -0.2) is 68.3 Å². The van der Waals surface area contributed by atoms with Crippen molar-refractivity contribution in [2.75, 3.05) is 0 Å². The average molecular weight is 602 g/mol. The van der Waals surface area contributed by atoms with Gasteiger partial charge in [-0.2, -0.15) is 16.8 Å². The first-order valence-corrected chi connectivity index (χ1v) is 6.97. The molecule has 0 aliphatic heterocycles. The van der Waals surface area contributed by atoms with E-state index in [0.717, 1.165) is 20.8 Å². The molecule has 14 nitrogen and oxygen atoms in total. The van der Waals surface area contributed by atoms with Gasteiger partial charge in [0.15, 0.2) is 0 Å². The maximum atomic E-state index is 9.00. The van der Waals surface area contributed by atoms with Crippen LogP contribution < -0.4 is 34.0 Å². The van der Waals surface area contributed by atoms with Crippen molar-refractivity contribution < 1.29 is 118 Å². The summed E-state index contributed by atoms with van der Waals surface area (Å²) in [6, 6.07) is 0. The van der Waals surface area contributed by atoms with Gasteiger partial charge in [0.2, 0.25) is 0 Å². The van der Waals surface area contributed by atoms with Crippen molar-refractivity contribution in [2.24, 2.45) is 0 Å². The Morgan fingerprint density at radius 3 is 0.560 bits per heavy atom. The Kier molecular flexibility index (Phi) is 56.8. The van der Waals surface area contributed by atoms with E-state index in [4.69, 9.17) is 64.7 Å². The summed E-state index contributed by atoms with van der Waals surface area (Å²) < 4.78 is 63.2. The number of hydrogen-bond donors (Lipinski definition) is 7. The van der Waals surface area contributed by atoms with Gasteiger partial charge in [-0.05, 0) is 0 Å². The summed E-state index contributed by atoms with van der Waals surface area (Å²) in [6.45, 7) is 3.25. The van der Waals surface area contributed by atoms with E-state index < -0.39 is 38.7 Å². The Morgan fingerprint density at radius 1 is 0.560 bits per heavy atom. The average Bonchev–Trinajstić information content (AvgIpc) is 1.88. The zero-order chi connectivity index (χ0) is 19.7. The van der Waals surface area contributed by atoms with E-state index in [2.05, 4.69) is 0 Å². The van der Waals surface area contributed by atoms with Crippen LogP contribution in [0.15, 0.2) is 0 Å². The first-order chi connectivity index (χ1) is 9.20. The maximum absolute atomic E-state index is 9.00. The first-order valence-electron chi connectivity index (χ1n) is 4.18. The van der Waals surface area contributed by atoms with Gasteiger partial charge in [0, 0.05) is 20.8 Å². The van der Waals surface area contributed by atoms with Crippen molar-refractivity contribution in [1.82, 2.24) is 0 Å². The Labute approximate surface area is 177 Å². The molecule has 0 bridgehead atoms. The molecule has 0 aliphatic carbocycles. The van der Waals surface area contributed by atoms with Gasteiger partial charge in [-0.25, -0.2) is 0 Å². The molecule has 25 heavy (non-hydrogen) atoms. The molecule has 0 aromatic rings. The van der Waals surface area contributed by atoms with Crippen molar-refractivity contribution in [2.45, 2.75) is 20.8 Å². The Balaban J connectivity index is -0.0000000235. The smallest absolute Gasteiger partial charge is 1.00 e. The molecule has 0 heterocycles. The molecule has 0 saturated heterocycles. The molecular formula is C6H16Br2O14S2Zn. The number of carboxylic acid groups (broad SMARTS) is 3. The van der Waals surface area contributed by atoms with Crippen LogP contribution in [0, 0.1) is 0 Å². The van der Waals surface area contributed by atoms with Crippen molar-refractivity contribution in [3.8, 4) is 0 Å². The predicted octanol–water partition coefficient (Wildman–Crippen LogP) is -7.03. The summed E-state index contributed by atoms with van der Waals surface area (Å²) in [5.41, 5.74) is 0. The van der Waals surface area contributed by atoms with E-state index in [0.29, 0.717) is 0 Å². The van der Waals surface area contributed by atoms with Crippen LogP contribution in [0.3, 0.4) is 0 Å². The third-order valence-corrected chi connectivity index (χ3v) is 0. The van der Waals surface area contributed by atoms with Gasteiger partial charge in [-0.3, -0.25) is 32.6 Å². The van der Waals surface area contributed by atoms with Crippen LogP contribution in [0.5, 0.6) is 0 Å². The summed E-state index contributed by atoms with van der Waals surface area (Å²) in [7, 11) is -9.33. The van der Waals surface area contributed by atoms with E-state index in [1.54, 1.807) is 0 Å². The summed E-state index contributed by atoms with van der Waals surface area (Å²) >= 11 is 0. The molecule has 0 aliphatic rings. The van der Waals surface area contributed by atoms with Crippen LogP contribution in [-0.2, 0) is 54.7 Å². The molecular weight excluding hydrogens is 585 g/mol. The van der Waals surface area contributed by atoms with E-state index in [-0.39, 0.29) is 53.4 Å². The number of hydrogen-bond acceptors (Lipinski definition) is 7. The Morgan fingerprint density at radius 2 is 0.560 bits per heavy atom. The molecule has 0 radical (unpaired) electrons. The van der Waals surface area contributed by atoms with Crippen LogP contribution in [0.4, 0.5) is 0 Å². The monoisotopic (exact) mass is 598 g/mol. The van der Waals surface area contributed by atoms with E-state index >= 15 is 0 Å². The van der Waals surface area contributed by atoms with Gasteiger partial charge in [-0.1, -0.05) is 0 Å². The second-order valence-corrected chi connectivity index (χ2v) is 4.24. The number of carboxylic acids is 3. The van der Waals surface area contributed by atoms with Crippen molar-refractivity contribution >= 4 is 38.7 Å². The molecule has 0 unspecified atom stereocenters. The van der Waals surface area contributed by atoms with Crippen LogP contribution in [0.2, 0.25) is 0 Å². The number of aliphatic carboxylic acids is 3. The summed E-state index contributed by atoms with van der Waals surface area (Å²) in [6.07, 6.45) is 0. The molecule has 7 N–H and O–H groups in total. The van der Waals surface area contributed by atoms with Crippen molar-refractivity contribution in [3.63, 3.8) is 0 Å². The van der Waals surface area contributed by atoms with Gasteiger partial charge in [0.05, 0.1) is 0 Å². The fourth-order valence-electron chi connectivity index (χ4n) is 0. The standard InChI is InChI=1S/3C2H4O2.2BrH.2H2O4S.Zn/c3*1-2(3)4;;;2*1-5(2,3)4;/h3*1H3,(H,3,4);2*1H;2*(H2,1,2,3,4);/q;;;;;;;+2/p-2. The molecule has 0 fully saturated rings. The van der Waals surface area contributed by atoms with Gasteiger partial charge >= 0.3 is 40.3 Å². The molecule has 0 amide bonds. The molecule has 19 heteroatoms. The Bertz CT molecular complexity index is 429. The van der Waals surface area contributed by atoms with E-state index in [1.165, 1.54) is 0 Å². The van der Waals surface area contributed by atoms with Crippen LogP contribution >= 0.6 is 0 Å². The second kappa shape index (κ2) is 28.5. The fraction of sp³-hybridized carbons (Fsp3) is 0.500. The van der Waals surface area contributed by atoms with Gasteiger partial charge in [-0.15, -0.1) is 0 Å². The second-order valence-electron chi connectivity index (χ2n) is 2.45. The van der Waals surface area contributed by atoms with E-state index in [1.807, 2.05) is 0 Å². The molecule has 0 spiro atoms. The SMILES string of the molecule is CC(=O)O.CC(=O)O.CC(=O)O.O=S(=O)(O)O.O=S(=O)(O)O.[Br-].[Br-].[Zn+2]. The molecule has 0 aromatic carbocycles. The van der Waals surface area contributed by atoms with Crippen LogP contribution in [0.25, 0.3) is 0 Å². The minimum Gasteiger partial charge on any atom is -1.00 e. The van der Waals surface area contributed by atoms with Crippen LogP contribution in [0.1, 0.15) is 20.8 Å². The van der Waals surface area contributed by atoms with Gasteiger partial charge < -0.3 is 49.3 Å². The van der Waals surface area contributed by atoms with Crippen molar-refractivity contribution in [1.29, 1.82) is 0 Å². The first kappa shape index (κ1) is 49.8. The van der Waals surface area contributed by atoms with Gasteiger partial charge in [0.25, 0.3) is 17.9 Å². The summed E-state index contributed by atoms with van der Waals surface area (Å²) in [5, 5.41) is 22.2. The third-order valence-electron chi connectivity index (χ3n) is 0. The minimum absolute atomic E-state index is 0. The van der Waals surface area contributed by atoms with Gasteiger partial charge in [0.1, 0.15) is 0 Å². The topological polar surface area (TPSA) is 261 Å². The summed E-state index contributed by atoms with van der Waals surface area (Å²) in [5.74, 6) is -2.50. The van der Waals surface area contributed by atoms with Crippen molar-refractivity contribution in [3.05, 3.63) is 0 Å². The molecule has 152 valence electrons. The summed E-state index contributed by atoms with van der Waals surface area (Å²) in [4.78, 5) is 27.0. The van der Waals surface area contributed by atoms with E-state index in [9.17, 15) is 0 Å². The normalized spacial score (nSPS) is 7.64. The molecule has 0 atom stereocenters. The number of halogens is 2. The quantitative estimate of drug-likeness (QED) is 0.101. The zero-order valence-corrected chi connectivity index (χ0v) is 20.5. The fourth-order valence-corrected chi connectivity index (χ4v) is 0. The molecule has 0 aromatic heterocycles. The largest absolute Gasteiger partial charge is 2.00 e. The molecule has 0 rings (SSSR count). The number of carbonyl (C=O) groups is 3. The molecule has 0 saturated carbocycles.